The predicted octanol–water partition coefficient (Wildman–Crippen LogP) is 2.58. The van der Waals surface area contributed by atoms with Gasteiger partial charge in [0.15, 0.2) is 11.5 Å². The van der Waals surface area contributed by atoms with Crippen LogP contribution < -0.4 is 14.8 Å². The van der Waals surface area contributed by atoms with Crippen LogP contribution in [-0.2, 0) is 13.0 Å². The summed E-state index contributed by atoms with van der Waals surface area (Å²) < 4.78 is 11.2. The van der Waals surface area contributed by atoms with E-state index in [4.69, 9.17) is 9.47 Å². The second-order valence-corrected chi connectivity index (χ2v) is 5.92. The van der Waals surface area contributed by atoms with E-state index in [0.717, 1.165) is 47.8 Å². The summed E-state index contributed by atoms with van der Waals surface area (Å²) in [4.78, 5) is 4.14. The molecule has 3 aromatic rings. The Kier molecular flexibility index (Phi) is 4.61. The maximum Gasteiger partial charge on any atom is 0.162 e. The van der Waals surface area contributed by atoms with Crippen LogP contribution in [-0.4, -0.2) is 34.9 Å². The standard InChI is InChI=1S/C19H20N4O2/c1-2-14(11-20-6-1)5-7-21-12-16-13-22-23-19(16)15-3-4-17-18(10-15)25-9-8-24-17/h1-4,6,10-11,13,21H,5,7-9,12H2,(H,22,23). The largest absolute Gasteiger partial charge is 0.486 e. The molecule has 0 unspecified atom stereocenters. The SMILES string of the molecule is c1cncc(CCNCc2cn[nH]c2-c2ccc3c(c2)OCCO3)c1. The number of H-pyrrole nitrogens is 1. The molecule has 2 aromatic heterocycles. The summed E-state index contributed by atoms with van der Waals surface area (Å²) in [6, 6.07) is 10.0. The highest BCUT2D eigenvalue weighted by Crippen LogP contribution is 2.34. The topological polar surface area (TPSA) is 72.1 Å². The fourth-order valence-electron chi connectivity index (χ4n) is 2.90. The van der Waals surface area contributed by atoms with Crippen molar-refractivity contribution in [1.29, 1.82) is 0 Å². The lowest BCUT2D eigenvalue weighted by Gasteiger charge is -2.18. The fourth-order valence-corrected chi connectivity index (χ4v) is 2.90. The quantitative estimate of drug-likeness (QED) is 0.677. The van der Waals surface area contributed by atoms with Crippen LogP contribution in [0.3, 0.4) is 0 Å². The molecule has 1 aliphatic heterocycles. The molecule has 0 saturated carbocycles. The van der Waals surface area contributed by atoms with Crippen molar-refractivity contribution in [2.45, 2.75) is 13.0 Å². The molecular formula is C19H20N4O2. The smallest absolute Gasteiger partial charge is 0.162 e. The summed E-state index contributed by atoms with van der Waals surface area (Å²) in [7, 11) is 0. The highest BCUT2D eigenvalue weighted by molar-refractivity contribution is 5.66. The number of nitrogens with zero attached hydrogens (tertiary/aromatic N) is 2. The minimum Gasteiger partial charge on any atom is -0.486 e. The maximum atomic E-state index is 5.67. The molecule has 0 fully saturated rings. The molecule has 1 aliphatic rings. The van der Waals surface area contributed by atoms with Crippen LogP contribution in [0.5, 0.6) is 11.5 Å². The first-order chi connectivity index (χ1) is 12.4. The van der Waals surface area contributed by atoms with Crippen molar-refractivity contribution in [2.24, 2.45) is 0 Å². The predicted molar refractivity (Wildman–Crippen MR) is 94.7 cm³/mol. The minimum absolute atomic E-state index is 0.586. The monoisotopic (exact) mass is 336 g/mol. The van der Waals surface area contributed by atoms with Gasteiger partial charge in [0, 0.05) is 30.1 Å². The number of hydrogen-bond donors (Lipinski definition) is 2. The lowest BCUT2D eigenvalue weighted by Crippen LogP contribution is -2.17. The van der Waals surface area contributed by atoms with Crippen molar-refractivity contribution >= 4 is 0 Å². The van der Waals surface area contributed by atoms with Gasteiger partial charge in [-0.05, 0) is 42.8 Å². The maximum absolute atomic E-state index is 5.67. The number of rotatable bonds is 6. The van der Waals surface area contributed by atoms with Crippen LogP contribution >= 0.6 is 0 Å². The van der Waals surface area contributed by atoms with Gasteiger partial charge in [-0.2, -0.15) is 5.10 Å². The Balaban J connectivity index is 1.40. The van der Waals surface area contributed by atoms with Crippen LogP contribution in [0.15, 0.2) is 48.9 Å². The van der Waals surface area contributed by atoms with E-state index in [1.807, 2.05) is 36.7 Å². The normalized spacial score (nSPS) is 13.0. The van der Waals surface area contributed by atoms with E-state index >= 15 is 0 Å². The second kappa shape index (κ2) is 7.36. The highest BCUT2D eigenvalue weighted by Gasteiger charge is 2.14. The molecule has 25 heavy (non-hydrogen) atoms. The third-order valence-corrected chi connectivity index (χ3v) is 4.18. The molecule has 0 atom stereocenters. The van der Waals surface area contributed by atoms with Crippen LogP contribution in [0.1, 0.15) is 11.1 Å². The molecule has 6 heteroatoms. The molecular weight excluding hydrogens is 316 g/mol. The zero-order valence-electron chi connectivity index (χ0n) is 13.9. The molecule has 0 amide bonds. The van der Waals surface area contributed by atoms with Gasteiger partial charge in [0.2, 0.25) is 0 Å². The number of hydrogen-bond acceptors (Lipinski definition) is 5. The lowest BCUT2D eigenvalue weighted by molar-refractivity contribution is 0.171. The first-order valence-electron chi connectivity index (χ1n) is 8.42. The van der Waals surface area contributed by atoms with E-state index in [9.17, 15) is 0 Å². The van der Waals surface area contributed by atoms with E-state index in [1.165, 1.54) is 5.56 Å². The zero-order valence-corrected chi connectivity index (χ0v) is 13.9. The Morgan fingerprint density at radius 3 is 2.88 bits per heavy atom. The Morgan fingerprint density at radius 1 is 1.08 bits per heavy atom. The number of fused-ring (bicyclic) bond motifs is 1. The number of pyridine rings is 1. The molecule has 0 aliphatic carbocycles. The van der Waals surface area contributed by atoms with Crippen molar-refractivity contribution < 1.29 is 9.47 Å². The van der Waals surface area contributed by atoms with Gasteiger partial charge in [-0.3, -0.25) is 10.1 Å². The molecule has 6 nitrogen and oxygen atoms in total. The Bertz CT molecular complexity index is 832. The van der Waals surface area contributed by atoms with Gasteiger partial charge in [0.1, 0.15) is 13.2 Å². The molecule has 0 saturated heterocycles. The van der Waals surface area contributed by atoms with Crippen LogP contribution in [0.4, 0.5) is 0 Å². The van der Waals surface area contributed by atoms with Crippen molar-refractivity contribution in [3.05, 3.63) is 60.0 Å². The van der Waals surface area contributed by atoms with Gasteiger partial charge in [0.25, 0.3) is 0 Å². The minimum atomic E-state index is 0.586. The number of aromatic amines is 1. The summed E-state index contributed by atoms with van der Waals surface area (Å²) >= 11 is 0. The average Bonchev–Trinajstić information content (AvgIpc) is 3.14. The first-order valence-corrected chi connectivity index (χ1v) is 8.42. The van der Waals surface area contributed by atoms with Gasteiger partial charge in [-0.15, -0.1) is 0 Å². The van der Waals surface area contributed by atoms with Crippen molar-refractivity contribution in [3.63, 3.8) is 0 Å². The van der Waals surface area contributed by atoms with Crippen LogP contribution in [0, 0.1) is 0 Å². The molecule has 0 bridgehead atoms. The lowest BCUT2D eigenvalue weighted by atomic mass is 10.1. The molecule has 128 valence electrons. The Morgan fingerprint density at radius 2 is 2.00 bits per heavy atom. The van der Waals surface area contributed by atoms with Gasteiger partial charge >= 0.3 is 0 Å². The number of nitrogens with one attached hydrogen (secondary N) is 2. The van der Waals surface area contributed by atoms with E-state index < -0.39 is 0 Å². The summed E-state index contributed by atoms with van der Waals surface area (Å²) in [5.74, 6) is 1.58. The van der Waals surface area contributed by atoms with Gasteiger partial charge < -0.3 is 14.8 Å². The number of aromatic nitrogens is 3. The summed E-state index contributed by atoms with van der Waals surface area (Å²) in [5.41, 5.74) is 4.41. The molecule has 4 rings (SSSR count). The summed E-state index contributed by atoms with van der Waals surface area (Å²) in [6.45, 7) is 2.82. The van der Waals surface area contributed by atoms with E-state index in [-0.39, 0.29) is 0 Å². The molecule has 1 aromatic carbocycles. The molecule has 0 radical (unpaired) electrons. The van der Waals surface area contributed by atoms with Crippen molar-refractivity contribution in [2.75, 3.05) is 19.8 Å². The van der Waals surface area contributed by atoms with Crippen molar-refractivity contribution in [3.8, 4) is 22.8 Å². The van der Waals surface area contributed by atoms with E-state index in [2.05, 4.69) is 26.6 Å². The highest BCUT2D eigenvalue weighted by atomic mass is 16.6. The average molecular weight is 336 g/mol. The molecule has 0 spiro atoms. The summed E-state index contributed by atoms with van der Waals surface area (Å²) in [6.07, 6.45) is 6.51. The van der Waals surface area contributed by atoms with Gasteiger partial charge in [0.05, 0.1) is 11.9 Å². The van der Waals surface area contributed by atoms with Gasteiger partial charge in [-0.25, -0.2) is 0 Å². The third kappa shape index (κ3) is 3.64. The van der Waals surface area contributed by atoms with E-state index in [1.54, 1.807) is 6.20 Å². The third-order valence-electron chi connectivity index (χ3n) is 4.18. The van der Waals surface area contributed by atoms with Crippen LogP contribution in [0.25, 0.3) is 11.3 Å². The van der Waals surface area contributed by atoms with Crippen LogP contribution in [0.2, 0.25) is 0 Å². The van der Waals surface area contributed by atoms with Crippen molar-refractivity contribution in [1.82, 2.24) is 20.5 Å². The Labute approximate surface area is 146 Å². The fraction of sp³-hybridized carbons (Fsp3) is 0.263. The number of benzene rings is 1. The first kappa shape index (κ1) is 15.7. The summed E-state index contributed by atoms with van der Waals surface area (Å²) in [5, 5.41) is 10.8. The second-order valence-electron chi connectivity index (χ2n) is 5.92. The Hall–Kier alpha value is -2.86. The zero-order chi connectivity index (χ0) is 16.9. The number of ether oxygens (including phenoxy) is 2. The molecule has 2 N–H and O–H groups in total. The van der Waals surface area contributed by atoms with Gasteiger partial charge in [-0.1, -0.05) is 6.07 Å². The van der Waals surface area contributed by atoms with E-state index in [0.29, 0.717) is 13.2 Å². The molecule has 3 heterocycles.